The van der Waals surface area contributed by atoms with Crippen molar-refractivity contribution in [3.63, 3.8) is 0 Å². The highest BCUT2D eigenvalue weighted by Gasteiger charge is 2.22. The van der Waals surface area contributed by atoms with E-state index in [0.29, 0.717) is 6.04 Å². The molecular formula is C13H17NO4. The normalized spacial score (nSPS) is 16.9. The molecule has 2 aliphatic rings. The van der Waals surface area contributed by atoms with Crippen LogP contribution in [0.25, 0.3) is 0 Å². The van der Waals surface area contributed by atoms with Gasteiger partial charge in [-0.2, -0.15) is 0 Å². The second-order valence-electron chi connectivity index (χ2n) is 4.52. The second kappa shape index (κ2) is 5.04. The summed E-state index contributed by atoms with van der Waals surface area (Å²) in [7, 11) is 1.61. The standard InChI is InChI=1S/C13H17NO4/c1-15-7-16-11-5-13-12(17-8-18-13)4-9(11)6-14-10-2-3-10/h4-5,10,14H,2-3,6-8H2,1H3. The van der Waals surface area contributed by atoms with Crippen LogP contribution in [0.15, 0.2) is 12.1 Å². The Morgan fingerprint density at radius 2 is 2.06 bits per heavy atom. The van der Waals surface area contributed by atoms with E-state index in [-0.39, 0.29) is 13.6 Å². The molecule has 1 saturated carbocycles. The van der Waals surface area contributed by atoms with Gasteiger partial charge in [0.15, 0.2) is 18.3 Å². The van der Waals surface area contributed by atoms with Crippen molar-refractivity contribution >= 4 is 0 Å². The molecule has 0 radical (unpaired) electrons. The van der Waals surface area contributed by atoms with E-state index in [4.69, 9.17) is 18.9 Å². The number of methoxy groups -OCH3 is 1. The van der Waals surface area contributed by atoms with E-state index in [2.05, 4.69) is 5.32 Å². The van der Waals surface area contributed by atoms with Crippen LogP contribution in [0, 0.1) is 0 Å². The zero-order valence-corrected chi connectivity index (χ0v) is 10.4. The molecule has 1 fully saturated rings. The molecule has 1 aromatic carbocycles. The fourth-order valence-corrected chi connectivity index (χ4v) is 1.90. The molecule has 5 nitrogen and oxygen atoms in total. The summed E-state index contributed by atoms with van der Waals surface area (Å²) in [6, 6.07) is 4.50. The zero-order valence-electron chi connectivity index (χ0n) is 10.4. The molecule has 0 bridgehead atoms. The Kier molecular flexibility index (Phi) is 3.25. The molecule has 0 amide bonds. The molecule has 0 saturated heterocycles. The molecule has 1 N–H and O–H groups in total. The average molecular weight is 251 g/mol. The van der Waals surface area contributed by atoms with Gasteiger partial charge in [0.1, 0.15) is 5.75 Å². The topological polar surface area (TPSA) is 49.0 Å². The van der Waals surface area contributed by atoms with E-state index in [9.17, 15) is 0 Å². The lowest BCUT2D eigenvalue weighted by atomic mass is 10.1. The van der Waals surface area contributed by atoms with Gasteiger partial charge in [0, 0.05) is 31.3 Å². The third kappa shape index (κ3) is 2.52. The summed E-state index contributed by atoms with van der Waals surface area (Å²) >= 11 is 0. The number of ether oxygens (including phenoxy) is 4. The van der Waals surface area contributed by atoms with Gasteiger partial charge in [-0.05, 0) is 18.9 Å². The van der Waals surface area contributed by atoms with E-state index in [1.165, 1.54) is 12.8 Å². The minimum atomic E-state index is 0.232. The highest BCUT2D eigenvalue weighted by molar-refractivity contribution is 5.51. The van der Waals surface area contributed by atoms with Crippen LogP contribution in [0.3, 0.4) is 0 Å². The Morgan fingerprint density at radius 3 is 2.78 bits per heavy atom. The quantitative estimate of drug-likeness (QED) is 0.779. The Labute approximate surface area is 106 Å². The largest absolute Gasteiger partial charge is 0.467 e. The summed E-state index contributed by atoms with van der Waals surface area (Å²) in [5.41, 5.74) is 1.07. The third-order valence-corrected chi connectivity index (χ3v) is 3.05. The lowest BCUT2D eigenvalue weighted by Gasteiger charge is -2.12. The van der Waals surface area contributed by atoms with E-state index in [1.54, 1.807) is 7.11 Å². The SMILES string of the molecule is COCOc1cc2c(cc1CNC1CC1)OCO2. The van der Waals surface area contributed by atoms with Crippen molar-refractivity contribution in [1.82, 2.24) is 5.32 Å². The molecule has 0 spiro atoms. The molecule has 0 aromatic heterocycles. The fraction of sp³-hybridized carbons (Fsp3) is 0.538. The highest BCUT2D eigenvalue weighted by Crippen LogP contribution is 2.38. The van der Waals surface area contributed by atoms with Crippen LogP contribution in [0.1, 0.15) is 18.4 Å². The number of hydrogen-bond donors (Lipinski definition) is 1. The molecule has 3 rings (SSSR count). The van der Waals surface area contributed by atoms with Gasteiger partial charge in [-0.1, -0.05) is 0 Å². The summed E-state index contributed by atoms with van der Waals surface area (Å²) in [6.07, 6.45) is 2.53. The number of nitrogens with one attached hydrogen (secondary N) is 1. The number of rotatable bonds is 6. The minimum absolute atomic E-state index is 0.232. The van der Waals surface area contributed by atoms with E-state index in [0.717, 1.165) is 29.4 Å². The second-order valence-corrected chi connectivity index (χ2v) is 4.52. The van der Waals surface area contributed by atoms with Crippen molar-refractivity contribution in [2.75, 3.05) is 20.7 Å². The molecule has 0 atom stereocenters. The third-order valence-electron chi connectivity index (χ3n) is 3.05. The summed E-state index contributed by atoms with van der Waals surface area (Å²) in [5, 5.41) is 3.46. The Bertz CT molecular complexity index is 431. The Hall–Kier alpha value is -1.46. The van der Waals surface area contributed by atoms with Crippen molar-refractivity contribution < 1.29 is 18.9 Å². The molecular weight excluding hydrogens is 234 g/mol. The van der Waals surface area contributed by atoms with Crippen LogP contribution >= 0.6 is 0 Å². The van der Waals surface area contributed by atoms with Crippen LogP contribution < -0.4 is 19.5 Å². The highest BCUT2D eigenvalue weighted by atomic mass is 16.7. The fourth-order valence-electron chi connectivity index (χ4n) is 1.90. The predicted molar refractivity (Wildman–Crippen MR) is 64.9 cm³/mol. The van der Waals surface area contributed by atoms with Gasteiger partial charge in [-0.3, -0.25) is 0 Å². The van der Waals surface area contributed by atoms with Gasteiger partial charge in [-0.25, -0.2) is 0 Å². The first-order valence-electron chi connectivity index (χ1n) is 6.14. The Morgan fingerprint density at radius 1 is 1.28 bits per heavy atom. The number of fused-ring (bicyclic) bond motifs is 1. The summed E-state index contributed by atoms with van der Waals surface area (Å²) in [5.74, 6) is 2.30. The van der Waals surface area contributed by atoms with Crippen LogP contribution in [-0.4, -0.2) is 26.7 Å². The van der Waals surface area contributed by atoms with Crippen molar-refractivity contribution in [2.24, 2.45) is 0 Å². The molecule has 1 aromatic rings. The summed E-state index contributed by atoms with van der Waals surface area (Å²) < 4.78 is 21.2. The lowest BCUT2D eigenvalue weighted by Crippen LogP contribution is -2.16. The van der Waals surface area contributed by atoms with Crippen molar-refractivity contribution in [3.05, 3.63) is 17.7 Å². The molecule has 1 aliphatic heterocycles. The molecule has 5 heteroatoms. The first kappa shape index (κ1) is 11.6. The van der Waals surface area contributed by atoms with Gasteiger partial charge < -0.3 is 24.3 Å². The van der Waals surface area contributed by atoms with Gasteiger partial charge in [0.05, 0.1) is 0 Å². The van der Waals surface area contributed by atoms with Gasteiger partial charge in [0.2, 0.25) is 6.79 Å². The number of benzene rings is 1. The zero-order chi connectivity index (χ0) is 12.4. The minimum Gasteiger partial charge on any atom is -0.467 e. The van der Waals surface area contributed by atoms with Crippen molar-refractivity contribution in [3.8, 4) is 17.2 Å². The monoisotopic (exact) mass is 251 g/mol. The van der Waals surface area contributed by atoms with Crippen LogP contribution in [-0.2, 0) is 11.3 Å². The van der Waals surface area contributed by atoms with Crippen LogP contribution in [0.4, 0.5) is 0 Å². The summed E-state index contributed by atoms with van der Waals surface area (Å²) in [6.45, 7) is 1.29. The molecule has 1 aliphatic carbocycles. The first-order valence-corrected chi connectivity index (χ1v) is 6.14. The molecule has 18 heavy (non-hydrogen) atoms. The summed E-state index contributed by atoms with van der Waals surface area (Å²) in [4.78, 5) is 0. The maximum Gasteiger partial charge on any atom is 0.231 e. The Balaban J connectivity index is 1.78. The van der Waals surface area contributed by atoms with Gasteiger partial charge >= 0.3 is 0 Å². The van der Waals surface area contributed by atoms with Gasteiger partial charge in [0.25, 0.3) is 0 Å². The lowest BCUT2D eigenvalue weighted by molar-refractivity contribution is 0.0502. The number of hydrogen-bond acceptors (Lipinski definition) is 5. The molecule has 98 valence electrons. The van der Waals surface area contributed by atoms with Crippen molar-refractivity contribution in [2.45, 2.75) is 25.4 Å². The first-order chi connectivity index (χ1) is 8.86. The molecule has 0 unspecified atom stereocenters. The van der Waals surface area contributed by atoms with E-state index < -0.39 is 0 Å². The van der Waals surface area contributed by atoms with Crippen LogP contribution in [0.5, 0.6) is 17.2 Å². The maximum atomic E-state index is 5.57. The smallest absolute Gasteiger partial charge is 0.231 e. The maximum absolute atomic E-state index is 5.57. The van der Waals surface area contributed by atoms with Gasteiger partial charge in [-0.15, -0.1) is 0 Å². The predicted octanol–water partition coefficient (Wildman–Crippen LogP) is 1.65. The molecule has 1 heterocycles. The average Bonchev–Trinajstić information content (AvgIpc) is 3.10. The van der Waals surface area contributed by atoms with Crippen molar-refractivity contribution in [1.29, 1.82) is 0 Å². The van der Waals surface area contributed by atoms with Crippen LogP contribution in [0.2, 0.25) is 0 Å². The van der Waals surface area contributed by atoms with E-state index >= 15 is 0 Å². The van der Waals surface area contributed by atoms with E-state index in [1.807, 2.05) is 12.1 Å².